The summed E-state index contributed by atoms with van der Waals surface area (Å²) in [6, 6.07) is 15.4. The van der Waals surface area contributed by atoms with Crippen LogP contribution in [-0.2, 0) is 14.2 Å². The second kappa shape index (κ2) is 9.34. The van der Waals surface area contributed by atoms with Crippen molar-refractivity contribution in [3.05, 3.63) is 83.9 Å². The molecule has 1 spiro atoms. The Morgan fingerprint density at radius 2 is 1.58 bits per heavy atom. The van der Waals surface area contributed by atoms with Crippen molar-refractivity contribution < 1.29 is 37.4 Å². The van der Waals surface area contributed by atoms with Gasteiger partial charge in [-0.3, -0.25) is 0 Å². The molecule has 1 saturated carbocycles. The lowest BCUT2D eigenvalue weighted by Gasteiger charge is -2.27. The van der Waals surface area contributed by atoms with Gasteiger partial charge in [0.25, 0.3) is 0 Å². The SMILES string of the molecule is O=C(OC1CC12O[C@@H](CN1CC=CCNC1=O)C(F)(F)[C@@H]2OC(=O)c1ccccc1)c1ccccc1. The second-order valence-corrected chi connectivity index (χ2v) is 8.91. The molecule has 2 aromatic carbocycles. The molecule has 1 N–H and O–H groups in total. The third-order valence-corrected chi connectivity index (χ3v) is 6.50. The number of halogens is 2. The summed E-state index contributed by atoms with van der Waals surface area (Å²) in [4.78, 5) is 38.9. The number of benzene rings is 2. The Hall–Kier alpha value is -3.79. The maximum absolute atomic E-state index is 15.8. The van der Waals surface area contributed by atoms with E-state index >= 15 is 8.78 Å². The maximum atomic E-state index is 15.8. The summed E-state index contributed by atoms with van der Waals surface area (Å²) in [6.45, 7) is -0.0324. The van der Waals surface area contributed by atoms with Crippen molar-refractivity contribution in [1.29, 1.82) is 0 Å². The summed E-state index contributed by atoms with van der Waals surface area (Å²) in [5.41, 5.74) is -1.37. The van der Waals surface area contributed by atoms with Gasteiger partial charge in [0.2, 0.25) is 6.10 Å². The highest BCUT2D eigenvalue weighted by Gasteiger charge is 2.79. The number of amides is 2. The van der Waals surface area contributed by atoms with Crippen LogP contribution in [0.15, 0.2) is 72.8 Å². The molecule has 3 aliphatic rings. The molecule has 2 aromatic rings. The highest BCUT2D eigenvalue weighted by atomic mass is 19.3. The number of hydrogen-bond acceptors (Lipinski definition) is 6. The van der Waals surface area contributed by atoms with Crippen LogP contribution < -0.4 is 5.32 Å². The van der Waals surface area contributed by atoms with Crippen LogP contribution in [0.4, 0.5) is 13.6 Å². The number of hydrogen-bond donors (Lipinski definition) is 1. The van der Waals surface area contributed by atoms with Crippen LogP contribution in [0.5, 0.6) is 0 Å². The monoisotopic (exact) mass is 498 g/mol. The number of urea groups is 1. The molecule has 2 heterocycles. The maximum Gasteiger partial charge on any atom is 0.338 e. The second-order valence-electron chi connectivity index (χ2n) is 8.91. The topological polar surface area (TPSA) is 94.2 Å². The Morgan fingerprint density at radius 1 is 0.972 bits per heavy atom. The predicted molar refractivity (Wildman–Crippen MR) is 123 cm³/mol. The molecule has 8 nitrogen and oxygen atoms in total. The molecular formula is C26H24F2N2O6. The standard InChI is InChI=1S/C26H24F2N2O6/c27-26(28)20(16-30-14-8-7-13-29-24(30)33)36-25(23(26)35-22(32)18-11-5-2-6-12-18)15-19(25)34-21(31)17-9-3-1-4-10-17/h1-12,19-20,23H,13-16H2,(H,29,33)/t19?,20-,23+,25?/m0/s1. The summed E-state index contributed by atoms with van der Waals surface area (Å²) in [7, 11) is 0. The van der Waals surface area contributed by atoms with Gasteiger partial charge in [0.15, 0.2) is 5.60 Å². The average Bonchev–Trinajstić information content (AvgIpc) is 3.57. The Morgan fingerprint density at radius 3 is 2.22 bits per heavy atom. The molecule has 36 heavy (non-hydrogen) atoms. The van der Waals surface area contributed by atoms with Gasteiger partial charge in [-0.1, -0.05) is 48.6 Å². The lowest BCUT2D eigenvalue weighted by molar-refractivity contribution is -0.119. The van der Waals surface area contributed by atoms with Crippen molar-refractivity contribution in [3.63, 3.8) is 0 Å². The minimum Gasteiger partial charge on any atom is -0.455 e. The molecular weight excluding hydrogens is 474 g/mol. The molecule has 0 bridgehead atoms. The summed E-state index contributed by atoms with van der Waals surface area (Å²) in [6.07, 6.45) is -1.50. The first-order valence-corrected chi connectivity index (χ1v) is 11.6. The molecule has 2 unspecified atom stereocenters. The Balaban J connectivity index is 1.39. The first kappa shape index (κ1) is 23.9. The first-order valence-electron chi connectivity index (χ1n) is 11.6. The smallest absolute Gasteiger partial charge is 0.338 e. The van der Waals surface area contributed by atoms with E-state index in [0.29, 0.717) is 0 Å². The normalized spacial score (nSPS) is 28.3. The highest BCUT2D eigenvalue weighted by Crippen LogP contribution is 2.58. The zero-order valence-electron chi connectivity index (χ0n) is 19.1. The van der Waals surface area contributed by atoms with Crippen molar-refractivity contribution in [2.24, 2.45) is 0 Å². The van der Waals surface area contributed by atoms with Gasteiger partial charge in [0.05, 0.1) is 17.7 Å². The molecule has 1 aliphatic carbocycles. The van der Waals surface area contributed by atoms with Crippen LogP contribution in [0.2, 0.25) is 0 Å². The summed E-state index contributed by atoms with van der Waals surface area (Å²) < 4.78 is 48.2. The molecule has 2 aliphatic heterocycles. The van der Waals surface area contributed by atoms with Crippen LogP contribution in [-0.4, -0.2) is 72.3 Å². The Bertz CT molecular complexity index is 1180. The van der Waals surface area contributed by atoms with E-state index in [4.69, 9.17) is 14.2 Å². The highest BCUT2D eigenvalue weighted by molar-refractivity contribution is 5.90. The summed E-state index contributed by atoms with van der Waals surface area (Å²) >= 11 is 0. The number of carbonyl (C=O) groups excluding carboxylic acids is 3. The minimum absolute atomic E-state index is 0.0729. The van der Waals surface area contributed by atoms with Gasteiger partial charge in [-0.15, -0.1) is 0 Å². The van der Waals surface area contributed by atoms with Crippen molar-refractivity contribution >= 4 is 18.0 Å². The molecule has 5 rings (SSSR count). The van der Waals surface area contributed by atoms with Gasteiger partial charge in [-0.05, 0) is 24.3 Å². The fraction of sp³-hybridized carbons (Fsp3) is 0.346. The number of esters is 2. The van der Waals surface area contributed by atoms with E-state index in [-0.39, 0.29) is 30.6 Å². The van der Waals surface area contributed by atoms with Gasteiger partial charge in [-0.2, -0.15) is 8.78 Å². The fourth-order valence-electron chi connectivity index (χ4n) is 4.51. The van der Waals surface area contributed by atoms with E-state index in [0.717, 1.165) is 0 Å². The van der Waals surface area contributed by atoms with E-state index in [9.17, 15) is 14.4 Å². The van der Waals surface area contributed by atoms with Crippen molar-refractivity contribution in [3.8, 4) is 0 Å². The largest absolute Gasteiger partial charge is 0.455 e. The number of ether oxygens (including phenoxy) is 3. The number of nitrogens with zero attached hydrogens (tertiary/aromatic N) is 1. The van der Waals surface area contributed by atoms with E-state index in [1.165, 1.54) is 17.0 Å². The van der Waals surface area contributed by atoms with E-state index in [2.05, 4.69) is 5.32 Å². The Kier molecular flexibility index (Phi) is 6.21. The van der Waals surface area contributed by atoms with Gasteiger partial charge >= 0.3 is 23.9 Å². The molecule has 2 amide bonds. The van der Waals surface area contributed by atoms with E-state index in [1.807, 2.05) is 0 Å². The quantitative estimate of drug-likeness (QED) is 0.486. The zero-order valence-corrected chi connectivity index (χ0v) is 19.1. The number of alkyl halides is 2. The molecule has 4 atom stereocenters. The lowest BCUT2D eigenvalue weighted by Crippen LogP contribution is -2.50. The molecule has 2 fully saturated rings. The lowest BCUT2D eigenvalue weighted by atomic mass is 10.0. The minimum atomic E-state index is -3.66. The molecule has 1 saturated heterocycles. The zero-order chi connectivity index (χ0) is 25.3. The number of rotatable bonds is 6. The molecule has 188 valence electrons. The van der Waals surface area contributed by atoms with Crippen LogP contribution in [0, 0.1) is 0 Å². The fourth-order valence-corrected chi connectivity index (χ4v) is 4.51. The van der Waals surface area contributed by atoms with Crippen LogP contribution in [0.1, 0.15) is 27.1 Å². The van der Waals surface area contributed by atoms with Crippen LogP contribution >= 0.6 is 0 Å². The first-order chi connectivity index (χ1) is 17.3. The van der Waals surface area contributed by atoms with Crippen LogP contribution in [0.25, 0.3) is 0 Å². The number of nitrogens with one attached hydrogen (secondary N) is 1. The summed E-state index contributed by atoms with van der Waals surface area (Å²) in [5.74, 6) is -5.30. The third kappa shape index (κ3) is 4.44. The molecule has 0 aromatic heterocycles. The third-order valence-electron chi connectivity index (χ3n) is 6.50. The van der Waals surface area contributed by atoms with Gasteiger partial charge in [0.1, 0.15) is 12.2 Å². The van der Waals surface area contributed by atoms with Gasteiger partial charge in [0, 0.05) is 19.5 Å². The predicted octanol–water partition coefficient (Wildman–Crippen LogP) is 3.20. The summed E-state index contributed by atoms with van der Waals surface area (Å²) in [5, 5.41) is 2.60. The van der Waals surface area contributed by atoms with E-state index in [1.54, 1.807) is 60.7 Å². The van der Waals surface area contributed by atoms with Crippen molar-refractivity contribution in [1.82, 2.24) is 10.2 Å². The molecule has 0 radical (unpaired) electrons. The van der Waals surface area contributed by atoms with Crippen molar-refractivity contribution in [2.75, 3.05) is 19.6 Å². The van der Waals surface area contributed by atoms with Crippen LogP contribution in [0.3, 0.4) is 0 Å². The van der Waals surface area contributed by atoms with Gasteiger partial charge < -0.3 is 24.4 Å². The average molecular weight is 498 g/mol. The Labute approximate surface area is 205 Å². The van der Waals surface area contributed by atoms with Crippen molar-refractivity contribution in [2.45, 2.75) is 36.3 Å². The molecule has 10 heteroatoms. The number of carbonyl (C=O) groups is 3. The van der Waals surface area contributed by atoms with E-state index < -0.39 is 54.3 Å². The van der Waals surface area contributed by atoms with Gasteiger partial charge in [-0.25, -0.2) is 14.4 Å².